The number of hydrogen-bond acceptors (Lipinski definition) is 6. The minimum absolute atomic E-state index is 0.00282. The van der Waals surface area contributed by atoms with Gasteiger partial charge in [-0.3, -0.25) is 15.5 Å². The Morgan fingerprint density at radius 2 is 1.96 bits per heavy atom. The average molecular weight is 308 g/mol. The molecule has 0 spiro atoms. The van der Waals surface area contributed by atoms with Crippen LogP contribution in [0.2, 0.25) is 0 Å². The van der Waals surface area contributed by atoms with Crippen molar-refractivity contribution in [1.82, 2.24) is 4.98 Å². The lowest BCUT2D eigenvalue weighted by molar-refractivity contribution is -0.384. The molecule has 3 aromatic rings. The van der Waals surface area contributed by atoms with Crippen molar-refractivity contribution in [2.24, 2.45) is 5.10 Å². The van der Waals surface area contributed by atoms with Crippen LogP contribution in [0.25, 0.3) is 11.3 Å². The van der Waals surface area contributed by atoms with Crippen LogP contribution in [0.1, 0.15) is 5.76 Å². The summed E-state index contributed by atoms with van der Waals surface area (Å²) < 4.78 is 5.58. The molecule has 7 nitrogen and oxygen atoms in total. The highest BCUT2D eigenvalue weighted by atomic mass is 16.6. The molecule has 2 heterocycles. The van der Waals surface area contributed by atoms with Gasteiger partial charge >= 0.3 is 0 Å². The normalized spacial score (nSPS) is 10.8. The fourth-order valence-corrected chi connectivity index (χ4v) is 2.00. The van der Waals surface area contributed by atoms with E-state index in [4.69, 9.17) is 4.42 Å². The summed E-state index contributed by atoms with van der Waals surface area (Å²) in [5.74, 6) is 1.49. The second-order valence-electron chi connectivity index (χ2n) is 4.56. The molecular weight excluding hydrogens is 296 g/mol. The maximum Gasteiger partial charge on any atom is 0.280 e. The summed E-state index contributed by atoms with van der Waals surface area (Å²) in [4.78, 5) is 14.7. The minimum atomic E-state index is -0.436. The molecule has 0 unspecified atom stereocenters. The number of aromatic nitrogens is 1. The number of anilines is 1. The smallest absolute Gasteiger partial charge is 0.280 e. The van der Waals surface area contributed by atoms with Gasteiger partial charge in [0.1, 0.15) is 17.3 Å². The molecule has 0 fully saturated rings. The molecular formula is C16H12N4O3. The van der Waals surface area contributed by atoms with E-state index in [1.807, 2.05) is 6.07 Å². The number of nitrogens with zero attached hydrogens (tertiary/aromatic N) is 3. The topological polar surface area (TPSA) is 93.6 Å². The van der Waals surface area contributed by atoms with Crippen LogP contribution in [0.5, 0.6) is 0 Å². The van der Waals surface area contributed by atoms with Gasteiger partial charge in [0.15, 0.2) is 0 Å². The van der Waals surface area contributed by atoms with E-state index in [1.165, 1.54) is 12.3 Å². The van der Waals surface area contributed by atoms with E-state index in [9.17, 15) is 10.1 Å². The van der Waals surface area contributed by atoms with E-state index in [0.29, 0.717) is 22.9 Å². The highest BCUT2D eigenvalue weighted by Gasteiger charge is 2.16. The lowest BCUT2D eigenvalue weighted by Gasteiger charge is -1.98. The van der Waals surface area contributed by atoms with Crippen LogP contribution in [0.15, 0.2) is 70.3 Å². The fraction of sp³-hybridized carbons (Fsp3) is 0. The Labute approximate surface area is 131 Å². The summed E-state index contributed by atoms with van der Waals surface area (Å²) in [5.41, 5.74) is 3.18. The van der Waals surface area contributed by atoms with E-state index in [2.05, 4.69) is 15.5 Å². The number of rotatable bonds is 5. The molecule has 1 aromatic carbocycles. The standard InChI is InChI=1S/C16H12N4O3/c21-20(22)14-6-2-1-5-13(14)15-9-8-12(23-15)11-18-19-16-7-3-4-10-17-16/h1-11H,(H,17,19)/b18-11+. The summed E-state index contributed by atoms with van der Waals surface area (Å²) in [5, 5.41) is 15.1. The highest BCUT2D eigenvalue weighted by Crippen LogP contribution is 2.30. The van der Waals surface area contributed by atoms with Gasteiger partial charge in [-0.2, -0.15) is 5.10 Å². The van der Waals surface area contributed by atoms with Crippen molar-refractivity contribution in [3.8, 4) is 11.3 Å². The number of para-hydroxylation sites is 1. The SMILES string of the molecule is O=[N+]([O-])c1ccccc1-c1ccc(/C=N/Nc2ccccn2)o1. The first kappa shape index (κ1) is 14.5. The third-order valence-corrected chi connectivity index (χ3v) is 3.03. The van der Waals surface area contributed by atoms with Crippen LogP contribution in [0.3, 0.4) is 0 Å². The van der Waals surface area contributed by atoms with Crippen LogP contribution in [0.4, 0.5) is 11.5 Å². The molecule has 0 saturated carbocycles. The molecule has 7 heteroatoms. The van der Waals surface area contributed by atoms with Crippen LogP contribution >= 0.6 is 0 Å². The molecule has 23 heavy (non-hydrogen) atoms. The van der Waals surface area contributed by atoms with Gasteiger partial charge in [-0.1, -0.05) is 18.2 Å². The molecule has 1 N–H and O–H groups in total. The molecule has 0 saturated heterocycles. The summed E-state index contributed by atoms with van der Waals surface area (Å²) in [6, 6.07) is 15.2. The Morgan fingerprint density at radius 3 is 2.74 bits per heavy atom. The number of pyridine rings is 1. The van der Waals surface area contributed by atoms with Gasteiger partial charge in [-0.15, -0.1) is 0 Å². The van der Waals surface area contributed by atoms with Crippen LogP contribution in [-0.4, -0.2) is 16.1 Å². The van der Waals surface area contributed by atoms with E-state index in [1.54, 1.807) is 48.7 Å². The first-order valence-electron chi connectivity index (χ1n) is 6.78. The van der Waals surface area contributed by atoms with Crippen molar-refractivity contribution < 1.29 is 9.34 Å². The number of nitro benzene ring substituents is 1. The Kier molecular flexibility index (Phi) is 4.10. The molecule has 0 bridgehead atoms. The van der Waals surface area contributed by atoms with Crippen LogP contribution in [0, 0.1) is 10.1 Å². The second-order valence-corrected chi connectivity index (χ2v) is 4.56. The number of hydrogen-bond donors (Lipinski definition) is 1. The highest BCUT2D eigenvalue weighted by molar-refractivity contribution is 5.79. The Morgan fingerprint density at radius 1 is 1.13 bits per heavy atom. The van der Waals surface area contributed by atoms with Crippen molar-refractivity contribution in [2.75, 3.05) is 5.43 Å². The molecule has 3 rings (SSSR count). The predicted octanol–water partition coefficient (Wildman–Crippen LogP) is 3.70. The third-order valence-electron chi connectivity index (χ3n) is 3.03. The van der Waals surface area contributed by atoms with Crippen LogP contribution < -0.4 is 5.43 Å². The second kappa shape index (κ2) is 6.52. The molecule has 0 aliphatic heterocycles. The molecule has 2 aromatic heterocycles. The van der Waals surface area contributed by atoms with Crippen molar-refractivity contribution >= 4 is 17.7 Å². The average Bonchev–Trinajstić information content (AvgIpc) is 3.04. The first-order chi connectivity index (χ1) is 11.2. The summed E-state index contributed by atoms with van der Waals surface area (Å²) in [6.07, 6.45) is 3.13. The van der Waals surface area contributed by atoms with E-state index in [-0.39, 0.29) is 5.69 Å². The van der Waals surface area contributed by atoms with Crippen molar-refractivity contribution in [1.29, 1.82) is 0 Å². The van der Waals surface area contributed by atoms with E-state index < -0.39 is 4.92 Å². The van der Waals surface area contributed by atoms with Gasteiger partial charge in [0.2, 0.25) is 0 Å². The molecule has 0 amide bonds. The third kappa shape index (κ3) is 3.41. The zero-order chi connectivity index (χ0) is 16.1. The van der Waals surface area contributed by atoms with Crippen molar-refractivity contribution in [3.63, 3.8) is 0 Å². The minimum Gasteiger partial charge on any atom is -0.455 e. The van der Waals surface area contributed by atoms with Gasteiger partial charge in [-0.05, 0) is 30.3 Å². The Hall–Kier alpha value is -3.48. The Balaban J connectivity index is 1.77. The maximum atomic E-state index is 11.1. The molecule has 0 aliphatic carbocycles. The van der Waals surface area contributed by atoms with Gasteiger partial charge in [0, 0.05) is 12.3 Å². The number of hydrazone groups is 1. The van der Waals surface area contributed by atoms with E-state index in [0.717, 1.165) is 0 Å². The number of nitro groups is 1. The zero-order valence-corrected chi connectivity index (χ0v) is 11.9. The summed E-state index contributed by atoms with van der Waals surface area (Å²) >= 11 is 0. The number of furan rings is 1. The predicted molar refractivity (Wildman–Crippen MR) is 86.3 cm³/mol. The van der Waals surface area contributed by atoms with Gasteiger partial charge < -0.3 is 4.42 Å². The number of benzene rings is 1. The Bertz CT molecular complexity index is 843. The summed E-state index contributed by atoms with van der Waals surface area (Å²) in [6.45, 7) is 0. The van der Waals surface area contributed by atoms with Gasteiger partial charge in [0.05, 0.1) is 16.7 Å². The molecule has 114 valence electrons. The monoisotopic (exact) mass is 308 g/mol. The fourth-order valence-electron chi connectivity index (χ4n) is 2.00. The molecule has 0 aliphatic rings. The lowest BCUT2D eigenvalue weighted by atomic mass is 10.1. The largest absolute Gasteiger partial charge is 0.455 e. The lowest BCUT2D eigenvalue weighted by Crippen LogP contribution is -1.91. The van der Waals surface area contributed by atoms with Gasteiger partial charge in [0.25, 0.3) is 5.69 Å². The first-order valence-corrected chi connectivity index (χ1v) is 6.78. The van der Waals surface area contributed by atoms with Crippen LogP contribution in [-0.2, 0) is 0 Å². The zero-order valence-electron chi connectivity index (χ0n) is 11.9. The number of nitrogens with one attached hydrogen (secondary N) is 1. The van der Waals surface area contributed by atoms with Crippen molar-refractivity contribution in [3.05, 3.63) is 76.7 Å². The van der Waals surface area contributed by atoms with E-state index >= 15 is 0 Å². The van der Waals surface area contributed by atoms with Crippen molar-refractivity contribution in [2.45, 2.75) is 0 Å². The molecule has 0 radical (unpaired) electrons. The summed E-state index contributed by atoms with van der Waals surface area (Å²) in [7, 11) is 0. The molecule has 0 atom stereocenters. The quantitative estimate of drug-likeness (QED) is 0.440. The maximum absolute atomic E-state index is 11.1. The van der Waals surface area contributed by atoms with Gasteiger partial charge in [-0.25, -0.2) is 4.98 Å².